The van der Waals surface area contributed by atoms with Crippen molar-refractivity contribution in [3.05, 3.63) is 57.2 Å². The van der Waals surface area contributed by atoms with Crippen molar-refractivity contribution in [3.8, 4) is 0 Å². The van der Waals surface area contributed by atoms with E-state index in [-0.39, 0.29) is 10.4 Å². The maximum absolute atomic E-state index is 13.2. The van der Waals surface area contributed by atoms with Gasteiger partial charge in [-0.25, -0.2) is 8.78 Å². The Labute approximate surface area is 106 Å². The topological polar surface area (TPSA) is 20.2 Å². The molecule has 0 fully saturated rings. The normalized spacial score (nSPS) is 14.9. The molecule has 0 amide bonds. The molecular formula is C12H9ClF2OS. The molecule has 1 aromatic carbocycles. The molecule has 0 bridgehead atoms. The Hall–Kier alpha value is -0.970. The average molecular weight is 275 g/mol. The highest BCUT2D eigenvalue weighted by Gasteiger charge is 2.42. The van der Waals surface area contributed by atoms with E-state index < -0.39 is 12.0 Å². The summed E-state index contributed by atoms with van der Waals surface area (Å²) in [6.07, 6.45) is -2.90. The van der Waals surface area contributed by atoms with Gasteiger partial charge in [0.25, 0.3) is 6.43 Å². The first-order valence-electron chi connectivity index (χ1n) is 4.85. The van der Waals surface area contributed by atoms with Crippen LogP contribution in [0.25, 0.3) is 0 Å². The van der Waals surface area contributed by atoms with Crippen molar-refractivity contribution in [2.75, 3.05) is 0 Å². The number of hydrogen-bond acceptors (Lipinski definition) is 2. The van der Waals surface area contributed by atoms with Crippen LogP contribution in [0.3, 0.4) is 0 Å². The minimum atomic E-state index is -2.90. The first-order chi connectivity index (χ1) is 8.05. The summed E-state index contributed by atoms with van der Waals surface area (Å²) in [5.41, 5.74) is -2.13. The fourth-order valence-corrected chi connectivity index (χ4v) is 2.55. The van der Waals surface area contributed by atoms with E-state index in [4.69, 9.17) is 11.6 Å². The van der Waals surface area contributed by atoms with Crippen LogP contribution in [-0.4, -0.2) is 11.5 Å². The van der Waals surface area contributed by atoms with Gasteiger partial charge in [-0.1, -0.05) is 29.8 Å². The highest BCUT2D eigenvalue weighted by Crippen LogP contribution is 2.38. The molecular weight excluding hydrogens is 266 g/mol. The zero-order chi connectivity index (χ0) is 12.5. The van der Waals surface area contributed by atoms with Crippen molar-refractivity contribution in [1.82, 2.24) is 0 Å². The lowest BCUT2D eigenvalue weighted by atomic mass is 9.92. The molecule has 0 radical (unpaired) electrons. The number of hydrogen-bond donors (Lipinski definition) is 1. The van der Waals surface area contributed by atoms with Crippen molar-refractivity contribution in [2.24, 2.45) is 0 Å². The second-order valence-electron chi connectivity index (χ2n) is 3.55. The Morgan fingerprint density at radius 1 is 1.18 bits per heavy atom. The first kappa shape index (κ1) is 12.5. The molecule has 1 aromatic heterocycles. The van der Waals surface area contributed by atoms with Gasteiger partial charge in [-0.05, 0) is 29.1 Å². The predicted octanol–water partition coefficient (Wildman–Crippen LogP) is 3.90. The lowest BCUT2D eigenvalue weighted by Gasteiger charge is -2.26. The molecule has 17 heavy (non-hydrogen) atoms. The lowest BCUT2D eigenvalue weighted by molar-refractivity contribution is -0.0694. The van der Waals surface area contributed by atoms with E-state index in [1.165, 1.54) is 30.3 Å². The molecule has 0 aliphatic heterocycles. The second-order valence-corrected chi connectivity index (χ2v) is 4.94. The Morgan fingerprint density at radius 2 is 1.82 bits per heavy atom. The Morgan fingerprint density at radius 3 is 2.29 bits per heavy atom. The van der Waals surface area contributed by atoms with E-state index in [1.54, 1.807) is 11.4 Å². The van der Waals surface area contributed by atoms with Crippen molar-refractivity contribution < 1.29 is 13.9 Å². The van der Waals surface area contributed by atoms with Gasteiger partial charge in [0.1, 0.15) is 0 Å². The van der Waals surface area contributed by atoms with Crippen LogP contribution in [0, 0.1) is 0 Å². The van der Waals surface area contributed by atoms with E-state index in [9.17, 15) is 13.9 Å². The summed E-state index contributed by atoms with van der Waals surface area (Å²) in [6.45, 7) is 0. The van der Waals surface area contributed by atoms with Crippen molar-refractivity contribution in [3.63, 3.8) is 0 Å². The van der Waals surface area contributed by atoms with Crippen molar-refractivity contribution in [2.45, 2.75) is 12.0 Å². The van der Waals surface area contributed by atoms with Gasteiger partial charge in [0, 0.05) is 9.90 Å². The Bertz CT molecular complexity index is 484. The fraction of sp³-hybridized carbons (Fsp3) is 0.167. The highest BCUT2D eigenvalue weighted by molar-refractivity contribution is 7.10. The Kier molecular flexibility index (Phi) is 3.47. The minimum Gasteiger partial charge on any atom is -0.374 e. The third-order valence-corrected chi connectivity index (χ3v) is 3.74. The molecule has 1 N–H and O–H groups in total. The number of aliphatic hydroxyl groups is 1. The summed E-state index contributed by atoms with van der Waals surface area (Å²) in [4.78, 5) is 0.217. The molecule has 0 spiro atoms. The molecule has 0 aliphatic rings. The van der Waals surface area contributed by atoms with Gasteiger partial charge in [-0.2, -0.15) is 0 Å². The Balaban J connectivity index is 2.52. The average Bonchev–Trinajstić information content (AvgIpc) is 2.82. The molecule has 90 valence electrons. The highest BCUT2D eigenvalue weighted by atomic mass is 35.5. The van der Waals surface area contributed by atoms with Gasteiger partial charge in [-0.3, -0.25) is 0 Å². The number of thiophene rings is 1. The number of halogens is 3. The maximum Gasteiger partial charge on any atom is 0.275 e. The molecule has 2 aromatic rings. The van der Waals surface area contributed by atoms with E-state index in [2.05, 4.69) is 0 Å². The van der Waals surface area contributed by atoms with Gasteiger partial charge in [0.15, 0.2) is 5.60 Å². The summed E-state index contributed by atoms with van der Waals surface area (Å²) in [7, 11) is 0. The molecule has 1 nitrogen and oxygen atoms in total. The predicted molar refractivity (Wildman–Crippen MR) is 64.8 cm³/mol. The standard InChI is InChI=1S/C12H9ClF2OS/c13-9-5-3-8(4-6-9)12(16,11(14)15)10-2-1-7-17-10/h1-7,11,16H. The van der Waals surface area contributed by atoms with Crippen molar-refractivity contribution >= 4 is 22.9 Å². The summed E-state index contributed by atoms with van der Waals surface area (Å²) in [5.74, 6) is 0. The van der Waals surface area contributed by atoms with Crippen LogP contribution in [-0.2, 0) is 5.60 Å². The van der Waals surface area contributed by atoms with E-state index in [1.807, 2.05) is 0 Å². The van der Waals surface area contributed by atoms with E-state index >= 15 is 0 Å². The number of rotatable bonds is 3. The van der Waals surface area contributed by atoms with E-state index in [0.717, 1.165) is 11.3 Å². The summed E-state index contributed by atoms with van der Waals surface area (Å²) in [5, 5.41) is 12.3. The molecule has 5 heteroatoms. The van der Waals surface area contributed by atoms with Crippen LogP contribution in [0.15, 0.2) is 41.8 Å². The quantitative estimate of drug-likeness (QED) is 0.900. The summed E-state index contributed by atoms with van der Waals surface area (Å²) < 4.78 is 26.3. The van der Waals surface area contributed by atoms with Crippen LogP contribution in [0.4, 0.5) is 8.78 Å². The van der Waals surface area contributed by atoms with Crippen LogP contribution in [0.1, 0.15) is 10.4 Å². The first-order valence-corrected chi connectivity index (χ1v) is 6.11. The van der Waals surface area contributed by atoms with Crippen LogP contribution in [0.5, 0.6) is 0 Å². The van der Waals surface area contributed by atoms with Gasteiger partial charge in [-0.15, -0.1) is 11.3 Å². The monoisotopic (exact) mass is 274 g/mol. The smallest absolute Gasteiger partial charge is 0.275 e. The molecule has 0 saturated heterocycles. The van der Waals surface area contributed by atoms with Crippen LogP contribution >= 0.6 is 22.9 Å². The molecule has 1 heterocycles. The molecule has 1 unspecified atom stereocenters. The zero-order valence-electron chi connectivity index (χ0n) is 8.61. The fourth-order valence-electron chi connectivity index (χ4n) is 1.58. The minimum absolute atomic E-state index is 0.138. The van der Waals surface area contributed by atoms with Gasteiger partial charge < -0.3 is 5.11 Å². The van der Waals surface area contributed by atoms with Crippen LogP contribution in [0.2, 0.25) is 5.02 Å². The second kappa shape index (κ2) is 4.72. The van der Waals surface area contributed by atoms with Crippen LogP contribution < -0.4 is 0 Å². The van der Waals surface area contributed by atoms with Gasteiger partial charge >= 0.3 is 0 Å². The third-order valence-electron chi connectivity index (χ3n) is 2.50. The SMILES string of the molecule is OC(c1ccc(Cl)cc1)(c1cccs1)C(F)F. The third kappa shape index (κ3) is 2.20. The van der Waals surface area contributed by atoms with E-state index in [0.29, 0.717) is 5.02 Å². The molecule has 0 saturated carbocycles. The number of benzene rings is 1. The molecule has 1 atom stereocenters. The largest absolute Gasteiger partial charge is 0.374 e. The van der Waals surface area contributed by atoms with Gasteiger partial charge in [0.2, 0.25) is 0 Å². The molecule has 0 aliphatic carbocycles. The zero-order valence-corrected chi connectivity index (χ0v) is 10.2. The summed E-state index contributed by atoms with van der Waals surface area (Å²) in [6, 6.07) is 8.91. The van der Waals surface area contributed by atoms with Gasteiger partial charge in [0.05, 0.1) is 0 Å². The van der Waals surface area contributed by atoms with Crippen molar-refractivity contribution in [1.29, 1.82) is 0 Å². The molecule has 2 rings (SSSR count). The lowest BCUT2D eigenvalue weighted by Crippen LogP contribution is -2.34. The number of alkyl halides is 2. The summed E-state index contributed by atoms with van der Waals surface area (Å²) >= 11 is 6.79. The maximum atomic E-state index is 13.2.